The Balaban J connectivity index is 2.72. The third kappa shape index (κ3) is 3.58. The molecule has 116 valence electrons. The van der Waals surface area contributed by atoms with Crippen LogP contribution in [-0.2, 0) is 14.3 Å². The van der Waals surface area contributed by atoms with Gasteiger partial charge in [0.15, 0.2) is 0 Å². The highest BCUT2D eigenvalue weighted by Gasteiger charge is 2.59. The van der Waals surface area contributed by atoms with Crippen molar-refractivity contribution < 1.29 is 32.0 Å². The number of hydrogen-bond donors (Lipinski definition) is 0. The van der Waals surface area contributed by atoms with Crippen LogP contribution in [0.1, 0.15) is 27.2 Å². The van der Waals surface area contributed by atoms with Gasteiger partial charge in [-0.3, -0.25) is 4.79 Å². The van der Waals surface area contributed by atoms with E-state index in [-0.39, 0.29) is 0 Å². The second-order valence-electron chi connectivity index (χ2n) is 6.03. The molecule has 0 aromatic rings. The van der Waals surface area contributed by atoms with Crippen molar-refractivity contribution >= 4 is 19.0 Å². The molecule has 0 N–H and O–H groups in total. The van der Waals surface area contributed by atoms with Gasteiger partial charge in [-0.1, -0.05) is 0 Å². The SMILES string of the molecule is COC(=O)CC1([B-](F)(F)F)CN(C(=O)OC(C)(C)C)C1. The van der Waals surface area contributed by atoms with Gasteiger partial charge in [0.05, 0.1) is 7.11 Å². The van der Waals surface area contributed by atoms with E-state index in [1.54, 1.807) is 20.8 Å². The molecule has 1 amide bonds. The second-order valence-corrected chi connectivity index (χ2v) is 6.03. The molecular formula is C11H18BF3NO4-. The van der Waals surface area contributed by atoms with Crippen molar-refractivity contribution in [2.75, 3.05) is 20.2 Å². The molecule has 1 aliphatic heterocycles. The van der Waals surface area contributed by atoms with Crippen molar-refractivity contribution in [2.45, 2.75) is 38.1 Å². The summed E-state index contributed by atoms with van der Waals surface area (Å²) in [6.45, 7) is -1.53. The minimum absolute atomic E-state index is 0.569. The van der Waals surface area contributed by atoms with Crippen LogP contribution in [0.3, 0.4) is 0 Å². The first-order chi connectivity index (χ1) is 8.90. The lowest BCUT2D eigenvalue weighted by Crippen LogP contribution is -2.63. The number of methoxy groups -OCH3 is 1. The van der Waals surface area contributed by atoms with Crippen LogP contribution in [-0.4, -0.2) is 49.7 Å². The second kappa shape index (κ2) is 5.18. The summed E-state index contributed by atoms with van der Waals surface area (Å²) in [5.74, 6) is -0.937. The van der Waals surface area contributed by atoms with E-state index >= 15 is 0 Å². The highest BCUT2D eigenvalue weighted by molar-refractivity contribution is 6.63. The van der Waals surface area contributed by atoms with E-state index in [4.69, 9.17) is 4.74 Å². The third-order valence-electron chi connectivity index (χ3n) is 3.08. The van der Waals surface area contributed by atoms with Gasteiger partial charge in [0.25, 0.3) is 0 Å². The summed E-state index contributed by atoms with van der Waals surface area (Å²) in [7, 11) is 1.03. The number of carbonyl (C=O) groups is 2. The molecule has 1 fully saturated rings. The van der Waals surface area contributed by atoms with Crippen LogP contribution in [0.4, 0.5) is 17.7 Å². The third-order valence-corrected chi connectivity index (χ3v) is 3.08. The number of ether oxygens (including phenoxy) is 2. The van der Waals surface area contributed by atoms with Crippen LogP contribution in [0.15, 0.2) is 0 Å². The van der Waals surface area contributed by atoms with E-state index in [2.05, 4.69) is 4.74 Å². The van der Waals surface area contributed by atoms with Crippen LogP contribution >= 0.6 is 0 Å². The Kier molecular flexibility index (Phi) is 4.31. The summed E-state index contributed by atoms with van der Waals surface area (Å²) < 4.78 is 48.6. The van der Waals surface area contributed by atoms with Gasteiger partial charge in [-0.15, -0.1) is 0 Å². The molecular weight excluding hydrogens is 278 g/mol. The maximum atomic E-state index is 13.1. The summed E-state index contributed by atoms with van der Waals surface area (Å²) >= 11 is 0. The van der Waals surface area contributed by atoms with Gasteiger partial charge in [0, 0.05) is 19.5 Å². The fourth-order valence-corrected chi connectivity index (χ4v) is 1.96. The fourth-order valence-electron chi connectivity index (χ4n) is 1.96. The summed E-state index contributed by atoms with van der Waals surface area (Å²) in [4.78, 5) is 23.7. The number of esters is 1. The number of nitrogens with zero attached hydrogens (tertiary/aromatic N) is 1. The molecule has 0 bridgehead atoms. The summed E-state index contributed by atoms with van der Waals surface area (Å²) in [6, 6.07) is 0. The van der Waals surface area contributed by atoms with Gasteiger partial charge in [-0.25, -0.2) is 4.79 Å². The number of carbonyl (C=O) groups excluding carboxylic acids is 2. The average molecular weight is 296 g/mol. The highest BCUT2D eigenvalue weighted by Crippen LogP contribution is 2.52. The lowest BCUT2D eigenvalue weighted by atomic mass is 9.51. The molecule has 1 rings (SSSR count). The molecule has 0 spiro atoms. The molecule has 0 unspecified atom stereocenters. The number of rotatable bonds is 3. The van der Waals surface area contributed by atoms with Gasteiger partial charge in [0.1, 0.15) is 5.60 Å². The Morgan fingerprint density at radius 3 is 2.10 bits per heavy atom. The number of halogens is 3. The van der Waals surface area contributed by atoms with Gasteiger partial charge >= 0.3 is 19.0 Å². The first-order valence-electron chi connectivity index (χ1n) is 6.14. The van der Waals surface area contributed by atoms with Crippen LogP contribution < -0.4 is 0 Å². The topological polar surface area (TPSA) is 55.8 Å². The van der Waals surface area contributed by atoms with E-state index in [1.807, 2.05) is 0 Å². The molecule has 0 atom stereocenters. The van der Waals surface area contributed by atoms with Gasteiger partial charge < -0.3 is 27.3 Å². The van der Waals surface area contributed by atoms with Crippen molar-refractivity contribution in [3.8, 4) is 0 Å². The number of amides is 1. The molecule has 0 aromatic carbocycles. The lowest BCUT2D eigenvalue weighted by molar-refractivity contribution is -0.143. The molecule has 1 saturated heterocycles. The zero-order valence-corrected chi connectivity index (χ0v) is 11.9. The molecule has 0 saturated carbocycles. The number of hydrogen-bond acceptors (Lipinski definition) is 4. The maximum Gasteiger partial charge on any atom is 0.488 e. The Morgan fingerprint density at radius 1 is 1.25 bits per heavy atom. The summed E-state index contributed by atoms with van der Waals surface area (Å²) in [5, 5.41) is -2.18. The molecule has 0 radical (unpaired) electrons. The van der Waals surface area contributed by atoms with E-state index in [1.165, 1.54) is 0 Å². The molecule has 0 aliphatic carbocycles. The fraction of sp³-hybridized carbons (Fsp3) is 0.818. The van der Waals surface area contributed by atoms with Crippen molar-refractivity contribution in [2.24, 2.45) is 0 Å². The quantitative estimate of drug-likeness (QED) is 0.592. The van der Waals surface area contributed by atoms with E-state index in [9.17, 15) is 22.5 Å². The summed E-state index contributed by atoms with van der Waals surface area (Å²) in [6.07, 6.45) is -1.58. The molecule has 5 nitrogen and oxygen atoms in total. The van der Waals surface area contributed by atoms with Crippen molar-refractivity contribution in [3.63, 3.8) is 0 Å². The van der Waals surface area contributed by atoms with Crippen molar-refractivity contribution in [3.05, 3.63) is 0 Å². The first-order valence-corrected chi connectivity index (χ1v) is 6.14. The molecule has 1 heterocycles. The smallest absolute Gasteiger partial charge is 0.469 e. The Morgan fingerprint density at radius 2 is 1.75 bits per heavy atom. The predicted molar refractivity (Wildman–Crippen MR) is 66.2 cm³/mol. The standard InChI is InChI=1S/C11H18BF3NO4/c1-10(2,3)20-9(18)16-6-11(7-16,12(13,14)15)5-8(17)19-4/h5-7H2,1-4H3/q-1. The van der Waals surface area contributed by atoms with Gasteiger partial charge in [0.2, 0.25) is 0 Å². The average Bonchev–Trinajstić information content (AvgIpc) is 2.17. The maximum absolute atomic E-state index is 13.1. The first kappa shape index (κ1) is 16.6. The van der Waals surface area contributed by atoms with Crippen LogP contribution in [0, 0.1) is 0 Å². The molecule has 20 heavy (non-hydrogen) atoms. The van der Waals surface area contributed by atoms with Crippen LogP contribution in [0.5, 0.6) is 0 Å². The largest absolute Gasteiger partial charge is 0.488 e. The van der Waals surface area contributed by atoms with E-state index < -0.39 is 49.5 Å². The van der Waals surface area contributed by atoms with Gasteiger partial charge in [-0.05, 0) is 26.1 Å². The van der Waals surface area contributed by atoms with E-state index in [0.717, 1.165) is 12.0 Å². The molecule has 9 heteroatoms. The monoisotopic (exact) mass is 296 g/mol. The zero-order valence-electron chi connectivity index (χ0n) is 11.9. The minimum atomic E-state index is -5.27. The lowest BCUT2D eigenvalue weighted by Gasteiger charge is -2.54. The summed E-state index contributed by atoms with van der Waals surface area (Å²) in [5.41, 5.74) is -0.777. The van der Waals surface area contributed by atoms with Gasteiger partial charge in [-0.2, -0.15) is 0 Å². The minimum Gasteiger partial charge on any atom is -0.469 e. The Hall–Kier alpha value is -1.41. The van der Waals surface area contributed by atoms with Crippen LogP contribution in [0.25, 0.3) is 0 Å². The zero-order chi connectivity index (χ0) is 15.8. The predicted octanol–water partition coefficient (Wildman–Crippen LogP) is 2.39. The Bertz CT molecular complexity index is 399. The Labute approximate surface area is 115 Å². The van der Waals surface area contributed by atoms with Crippen molar-refractivity contribution in [1.29, 1.82) is 0 Å². The molecule has 1 aliphatic rings. The highest BCUT2D eigenvalue weighted by atomic mass is 19.4. The number of likely N-dealkylation sites (tertiary alicyclic amines) is 1. The van der Waals surface area contributed by atoms with Crippen LogP contribution in [0.2, 0.25) is 5.31 Å². The normalized spacial score (nSPS) is 18.2. The van der Waals surface area contributed by atoms with Crippen molar-refractivity contribution in [1.82, 2.24) is 4.90 Å². The van der Waals surface area contributed by atoms with E-state index in [0.29, 0.717) is 0 Å². The molecule has 0 aromatic heterocycles.